The Bertz CT molecular complexity index is 837. The lowest BCUT2D eigenvalue weighted by atomic mass is 10.0. The third kappa shape index (κ3) is 1.89. The van der Waals surface area contributed by atoms with Crippen LogP contribution in [0, 0.1) is 0 Å². The molecule has 0 saturated heterocycles. The van der Waals surface area contributed by atoms with Crippen molar-refractivity contribution in [3.63, 3.8) is 0 Å². The van der Waals surface area contributed by atoms with Gasteiger partial charge in [-0.25, -0.2) is 4.98 Å². The second kappa shape index (κ2) is 4.75. The van der Waals surface area contributed by atoms with Crippen molar-refractivity contribution in [2.45, 2.75) is 17.4 Å². The molecule has 0 spiro atoms. The Morgan fingerprint density at radius 2 is 2.20 bits per heavy atom. The minimum atomic E-state index is 0.0828. The number of benzene rings is 1. The van der Waals surface area contributed by atoms with Crippen molar-refractivity contribution >= 4 is 33.3 Å². The standard InChI is InChI=1S/C15H12N2OS2/c18-15-14-12(5-6-19-14)16-9-17(15)7-10-8-20-13-4-2-1-3-11(10)13/h1-6,9-10H,7-8H2. The zero-order chi connectivity index (χ0) is 13.5. The summed E-state index contributed by atoms with van der Waals surface area (Å²) in [6.07, 6.45) is 1.68. The molecule has 0 aliphatic carbocycles. The van der Waals surface area contributed by atoms with Crippen LogP contribution in [-0.4, -0.2) is 15.3 Å². The molecule has 1 aromatic carbocycles. The molecular formula is C15H12N2OS2. The Hall–Kier alpha value is -1.59. The summed E-state index contributed by atoms with van der Waals surface area (Å²) in [6, 6.07) is 10.4. The quantitative estimate of drug-likeness (QED) is 0.728. The Kier molecular flexibility index (Phi) is 2.89. The second-order valence-electron chi connectivity index (χ2n) is 4.88. The lowest BCUT2D eigenvalue weighted by Gasteiger charge is -2.12. The molecule has 0 saturated carbocycles. The maximum atomic E-state index is 12.4. The van der Waals surface area contributed by atoms with Gasteiger partial charge in [-0.2, -0.15) is 0 Å². The molecule has 3 aromatic rings. The Morgan fingerprint density at radius 3 is 3.15 bits per heavy atom. The number of thioether (sulfide) groups is 1. The number of fused-ring (bicyclic) bond motifs is 2. The van der Waals surface area contributed by atoms with Crippen LogP contribution in [0.2, 0.25) is 0 Å². The molecule has 1 aliphatic heterocycles. The molecule has 100 valence electrons. The van der Waals surface area contributed by atoms with Crippen molar-refractivity contribution in [3.05, 3.63) is 58.0 Å². The van der Waals surface area contributed by atoms with Crippen LogP contribution in [0.3, 0.4) is 0 Å². The van der Waals surface area contributed by atoms with Crippen molar-refractivity contribution in [1.29, 1.82) is 0 Å². The Labute approximate surface area is 124 Å². The normalized spacial score (nSPS) is 17.5. The van der Waals surface area contributed by atoms with Crippen LogP contribution < -0.4 is 5.56 Å². The summed E-state index contributed by atoms with van der Waals surface area (Å²) in [6.45, 7) is 0.712. The van der Waals surface area contributed by atoms with Crippen molar-refractivity contribution in [3.8, 4) is 0 Å². The molecule has 0 radical (unpaired) electrons. The maximum absolute atomic E-state index is 12.4. The number of rotatable bonds is 2. The highest BCUT2D eigenvalue weighted by atomic mass is 32.2. The molecule has 0 amide bonds. The van der Waals surface area contributed by atoms with Crippen molar-refractivity contribution in [1.82, 2.24) is 9.55 Å². The van der Waals surface area contributed by atoms with Gasteiger partial charge in [-0.05, 0) is 23.1 Å². The van der Waals surface area contributed by atoms with Gasteiger partial charge in [0, 0.05) is 23.1 Å². The average Bonchev–Trinajstić information content (AvgIpc) is 3.10. The van der Waals surface area contributed by atoms with Crippen LogP contribution in [0.4, 0.5) is 0 Å². The fraction of sp³-hybridized carbons (Fsp3) is 0.200. The molecule has 1 atom stereocenters. The number of thiophene rings is 1. The van der Waals surface area contributed by atoms with Gasteiger partial charge in [-0.15, -0.1) is 23.1 Å². The topological polar surface area (TPSA) is 34.9 Å². The first-order valence-electron chi connectivity index (χ1n) is 6.47. The minimum Gasteiger partial charge on any atom is -0.297 e. The van der Waals surface area contributed by atoms with Gasteiger partial charge in [0.2, 0.25) is 0 Å². The first-order chi connectivity index (χ1) is 9.83. The predicted molar refractivity (Wildman–Crippen MR) is 83.8 cm³/mol. The third-order valence-corrected chi connectivity index (χ3v) is 5.80. The molecule has 4 rings (SSSR count). The van der Waals surface area contributed by atoms with E-state index >= 15 is 0 Å². The largest absolute Gasteiger partial charge is 0.297 e. The zero-order valence-electron chi connectivity index (χ0n) is 10.7. The molecule has 1 unspecified atom stereocenters. The number of hydrogen-bond donors (Lipinski definition) is 0. The summed E-state index contributed by atoms with van der Waals surface area (Å²) in [5, 5.41) is 1.92. The summed E-state index contributed by atoms with van der Waals surface area (Å²) < 4.78 is 2.51. The van der Waals surface area contributed by atoms with E-state index in [1.54, 1.807) is 10.9 Å². The zero-order valence-corrected chi connectivity index (χ0v) is 12.3. The summed E-state index contributed by atoms with van der Waals surface area (Å²) in [5.74, 6) is 1.43. The average molecular weight is 300 g/mol. The second-order valence-corrected chi connectivity index (χ2v) is 6.86. The number of nitrogens with zero attached hydrogens (tertiary/aromatic N) is 2. The lowest BCUT2D eigenvalue weighted by Crippen LogP contribution is -2.23. The molecule has 2 aromatic heterocycles. The fourth-order valence-electron chi connectivity index (χ4n) is 2.63. The molecule has 1 aliphatic rings. The summed E-state index contributed by atoms with van der Waals surface area (Å²) >= 11 is 3.34. The van der Waals surface area contributed by atoms with E-state index in [-0.39, 0.29) is 5.56 Å². The molecule has 3 nitrogen and oxygen atoms in total. The first-order valence-corrected chi connectivity index (χ1v) is 8.34. The van der Waals surface area contributed by atoms with Gasteiger partial charge in [0.25, 0.3) is 5.56 Å². The highest BCUT2D eigenvalue weighted by Gasteiger charge is 2.23. The van der Waals surface area contributed by atoms with Gasteiger partial charge in [0.1, 0.15) is 4.70 Å². The SMILES string of the molecule is O=c1c2sccc2ncn1CC1CSc2ccccc21. The van der Waals surface area contributed by atoms with Gasteiger partial charge in [-0.3, -0.25) is 9.36 Å². The van der Waals surface area contributed by atoms with Crippen LogP contribution in [-0.2, 0) is 6.54 Å². The highest BCUT2D eigenvalue weighted by Crippen LogP contribution is 2.39. The third-order valence-electron chi connectivity index (χ3n) is 3.65. The summed E-state index contributed by atoms with van der Waals surface area (Å²) in [7, 11) is 0. The van der Waals surface area contributed by atoms with E-state index in [1.807, 2.05) is 23.2 Å². The van der Waals surface area contributed by atoms with E-state index in [9.17, 15) is 4.79 Å². The van der Waals surface area contributed by atoms with Gasteiger partial charge in [0.15, 0.2) is 0 Å². The van der Waals surface area contributed by atoms with Gasteiger partial charge in [-0.1, -0.05) is 18.2 Å². The van der Waals surface area contributed by atoms with Gasteiger partial charge >= 0.3 is 0 Å². The lowest BCUT2D eigenvalue weighted by molar-refractivity contribution is 0.584. The summed E-state index contributed by atoms with van der Waals surface area (Å²) in [4.78, 5) is 18.1. The van der Waals surface area contributed by atoms with E-state index in [0.29, 0.717) is 12.5 Å². The fourth-order valence-corrected chi connectivity index (χ4v) is 4.66. The van der Waals surface area contributed by atoms with Crippen LogP contribution in [0.25, 0.3) is 10.2 Å². The maximum Gasteiger partial charge on any atom is 0.271 e. The van der Waals surface area contributed by atoms with Crippen LogP contribution in [0.15, 0.2) is 51.7 Å². The Morgan fingerprint density at radius 1 is 1.30 bits per heavy atom. The first kappa shape index (κ1) is 12.2. The van der Waals surface area contributed by atoms with Crippen molar-refractivity contribution in [2.75, 3.05) is 5.75 Å². The molecule has 20 heavy (non-hydrogen) atoms. The minimum absolute atomic E-state index is 0.0828. The van der Waals surface area contributed by atoms with E-state index in [4.69, 9.17) is 0 Å². The molecule has 5 heteroatoms. The molecule has 3 heterocycles. The van der Waals surface area contributed by atoms with Gasteiger partial charge in [0.05, 0.1) is 11.8 Å². The monoisotopic (exact) mass is 300 g/mol. The predicted octanol–water partition coefficient (Wildman–Crippen LogP) is 3.35. The summed E-state index contributed by atoms with van der Waals surface area (Å²) in [5.41, 5.74) is 2.24. The smallest absolute Gasteiger partial charge is 0.271 e. The molecular weight excluding hydrogens is 288 g/mol. The molecule has 0 N–H and O–H groups in total. The van der Waals surface area contributed by atoms with E-state index in [2.05, 4.69) is 29.2 Å². The van der Waals surface area contributed by atoms with E-state index in [0.717, 1.165) is 16.0 Å². The van der Waals surface area contributed by atoms with Crippen LogP contribution >= 0.6 is 23.1 Å². The van der Waals surface area contributed by atoms with Crippen molar-refractivity contribution in [2.24, 2.45) is 0 Å². The van der Waals surface area contributed by atoms with Crippen LogP contribution in [0.1, 0.15) is 11.5 Å². The molecule has 0 bridgehead atoms. The van der Waals surface area contributed by atoms with Crippen molar-refractivity contribution < 1.29 is 0 Å². The van der Waals surface area contributed by atoms with E-state index < -0.39 is 0 Å². The number of aromatic nitrogens is 2. The highest BCUT2D eigenvalue weighted by molar-refractivity contribution is 7.99. The van der Waals surface area contributed by atoms with Gasteiger partial charge < -0.3 is 0 Å². The Balaban J connectivity index is 1.72. The number of hydrogen-bond acceptors (Lipinski definition) is 4. The van der Waals surface area contributed by atoms with E-state index in [1.165, 1.54) is 21.8 Å². The molecule has 0 fully saturated rings. The van der Waals surface area contributed by atoms with Crippen LogP contribution in [0.5, 0.6) is 0 Å².